The lowest BCUT2D eigenvalue weighted by molar-refractivity contribution is -0.138. The van der Waals surface area contributed by atoms with Gasteiger partial charge in [0.2, 0.25) is 0 Å². The highest BCUT2D eigenvalue weighted by Gasteiger charge is 2.35. The smallest absolute Gasteiger partial charge is 0.417 e. The van der Waals surface area contributed by atoms with Crippen molar-refractivity contribution in [2.45, 2.75) is 19.3 Å². The summed E-state index contributed by atoms with van der Waals surface area (Å²) in [6.07, 6.45) is -9.55. The van der Waals surface area contributed by atoms with Crippen LogP contribution in [0.2, 0.25) is 10.0 Å². The van der Waals surface area contributed by atoms with Crippen molar-refractivity contribution in [2.24, 2.45) is 0 Å². The Morgan fingerprint density at radius 3 is 1.67 bits per heavy atom. The van der Waals surface area contributed by atoms with Gasteiger partial charge in [0.1, 0.15) is 23.7 Å². The molecule has 3 aromatic carbocycles. The Balaban J connectivity index is 2.03. The van der Waals surface area contributed by atoms with Crippen molar-refractivity contribution in [1.29, 1.82) is 0 Å². The average molecular weight is 652 g/mol. The number of likely N-dealkylation sites (N-methyl/N-ethyl adjacent to an activating group) is 1. The van der Waals surface area contributed by atoms with E-state index in [0.717, 1.165) is 18.2 Å². The molecule has 0 bridgehead atoms. The molecular formula is C28H25Cl2F6N3O4. The monoisotopic (exact) mass is 651 g/mol. The van der Waals surface area contributed by atoms with E-state index in [-0.39, 0.29) is 47.2 Å². The summed E-state index contributed by atoms with van der Waals surface area (Å²) in [6.45, 7) is 1.99. The SMILES string of the molecule is CCOc1cc(C(=O)Nc2ccc(Cl)c(C(F)(F)F)c2)cc(OCCN(C)C)c1C(=O)Nc1ccc(Cl)c(C(F)(F)F)c1. The first-order valence-electron chi connectivity index (χ1n) is 12.5. The van der Waals surface area contributed by atoms with Gasteiger partial charge in [-0.2, -0.15) is 26.3 Å². The van der Waals surface area contributed by atoms with Crippen LogP contribution in [0.5, 0.6) is 11.5 Å². The minimum absolute atomic E-state index is 0.00772. The van der Waals surface area contributed by atoms with Crippen molar-refractivity contribution in [3.8, 4) is 11.5 Å². The number of alkyl halides is 6. The van der Waals surface area contributed by atoms with Crippen LogP contribution in [0.1, 0.15) is 38.8 Å². The van der Waals surface area contributed by atoms with Crippen LogP contribution in [0.15, 0.2) is 48.5 Å². The van der Waals surface area contributed by atoms with Crippen molar-refractivity contribution < 1.29 is 45.4 Å². The zero-order chi connectivity index (χ0) is 32.1. The number of carbonyl (C=O) groups excluding carboxylic acids is 2. The lowest BCUT2D eigenvalue weighted by atomic mass is 10.1. The van der Waals surface area contributed by atoms with E-state index in [0.29, 0.717) is 18.7 Å². The molecule has 0 saturated carbocycles. The Bertz CT molecular complexity index is 1500. The molecule has 0 aromatic heterocycles. The fourth-order valence-electron chi connectivity index (χ4n) is 3.70. The number of halogens is 8. The number of nitrogens with one attached hydrogen (secondary N) is 2. The van der Waals surface area contributed by atoms with Crippen LogP contribution in [-0.4, -0.2) is 50.6 Å². The first-order valence-corrected chi connectivity index (χ1v) is 13.2. The standard InChI is InChI=1S/C28H25Cl2F6N3O4/c1-4-42-22-11-15(25(40)37-16-5-7-20(29)18(13-16)27(31,32)33)12-23(43-10-9-39(2)3)24(22)26(41)38-17-6-8-21(30)19(14-17)28(34,35)36/h5-8,11-14H,4,9-10H2,1-3H3,(H,37,40)(H,38,41). The van der Waals surface area contributed by atoms with Crippen molar-refractivity contribution in [3.63, 3.8) is 0 Å². The molecule has 232 valence electrons. The molecular weight excluding hydrogens is 627 g/mol. The third kappa shape index (κ3) is 8.91. The second-order valence-corrected chi connectivity index (χ2v) is 10.0. The molecule has 0 spiro atoms. The predicted octanol–water partition coefficient (Wildman–Crippen LogP) is 7.87. The molecule has 2 N–H and O–H groups in total. The van der Waals surface area contributed by atoms with Gasteiger partial charge in [0.05, 0.1) is 27.8 Å². The largest absolute Gasteiger partial charge is 0.493 e. The molecule has 15 heteroatoms. The highest BCUT2D eigenvalue weighted by Crippen LogP contribution is 2.38. The van der Waals surface area contributed by atoms with E-state index >= 15 is 0 Å². The maximum atomic E-state index is 13.4. The van der Waals surface area contributed by atoms with E-state index in [2.05, 4.69) is 10.6 Å². The average Bonchev–Trinajstić information content (AvgIpc) is 2.89. The van der Waals surface area contributed by atoms with Crippen molar-refractivity contribution in [3.05, 3.63) is 80.8 Å². The summed E-state index contributed by atoms with van der Waals surface area (Å²) in [7, 11) is 3.51. The normalized spacial score (nSPS) is 11.8. The van der Waals surface area contributed by atoms with Gasteiger partial charge in [-0.25, -0.2) is 0 Å². The Kier molecular flexibility index (Phi) is 10.8. The lowest BCUT2D eigenvalue weighted by Gasteiger charge is -2.19. The molecule has 0 fully saturated rings. The molecule has 0 saturated heterocycles. The van der Waals surface area contributed by atoms with Gasteiger partial charge in [0.25, 0.3) is 11.8 Å². The molecule has 3 rings (SSSR count). The van der Waals surface area contributed by atoms with Gasteiger partial charge in [0, 0.05) is 23.5 Å². The number of hydrogen-bond donors (Lipinski definition) is 2. The molecule has 0 heterocycles. The van der Waals surface area contributed by atoms with Gasteiger partial charge in [0.15, 0.2) is 0 Å². The Morgan fingerprint density at radius 1 is 0.767 bits per heavy atom. The molecule has 2 amide bonds. The van der Waals surface area contributed by atoms with Crippen LogP contribution in [0.4, 0.5) is 37.7 Å². The molecule has 0 aliphatic carbocycles. The zero-order valence-electron chi connectivity index (χ0n) is 22.8. The first-order chi connectivity index (χ1) is 20.0. The Labute approximate surface area is 252 Å². The summed E-state index contributed by atoms with van der Waals surface area (Å²) in [5, 5.41) is 3.59. The molecule has 0 unspecified atom stereocenters. The lowest BCUT2D eigenvalue weighted by Crippen LogP contribution is -2.22. The number of hydrogen-bond acceptors (Lipinski definition) is 5. The minimum Gasteiger partial charge on any atom is -0.493 e. The third-order valence-corrected chi connectivity index (χ3v) is 6.37. The molecule has 0 aliphatic rings. The van der Waals surface area contributed by atoms with Gasteiger partial charge in [-0.1, -0.05) is 23.2 Å². The van der Waals surface area contributed by atoms with Crippen molar-refractivity contribution in [2.75, 3.05) is 44.5 Å². The number of benzene rings is 3. The van der Waals surface area contributed by atoms with E-state index in [9.17, 15) is 35.9 Å². The number of amides is 2. The second kappa shape index (κ2) is 13.7. The maximum absolute atomic E-state index is 13.4. The summed E-state index contributed by atoms with van der Waals surface area (Å²) in [5.74, 6) is -2.11. The van der Waals surface area contributed by atoms with Crippen LogP contribution >= 0.6 is 23.2 Å². The fourth-order valence-corrected chi connectivity index (χ4v) is 4.15. The number of rotatable bonds is 10. The van der Waals surface area contributed by atoms with E-state index in [4.69, 9.17) is 32.7 Å². The van der Waals surface area contributed by atoms with E-state index in [1.165, 1.54) is 18.2 Å². The third-order valence-electron chi connectivity index (χ3n) is 5.71. The molecule has 7 nitrogen and oxygen atoms in total. The number of carbonyl (C=O) groups is 2. The van der Waals surface area contributed by atoms with Gasteiger partial charge in [-0.05, 0) is 69.6 Å². The molecule has 0 aliphatic heterocycles. The minimum atomic E-state index is -4.78. The zero-order valence-corrected chi connectivity index (χ0v) is 24.4. The van der Waals surface area contributed by atoms with Crippen LogP contribution in [0.3, 0.4) is 0 Å². The summed E-state index contributed by atoms with van der Waals surface area (Å²) in [4.78, 5) is 28.3. The quantitative estimate of drug-likeness (QED) is 0.218. The van der Waals surface area contributed by atoms with Gasteiger partial charge in [-0.3, -0.25) is 9.59 Å². The highest BCUT2D eigenvalue weighted by atomic mass is 35.5. The maximum Gasteiger partial charge on any atom is 0.417 e. The van der Waals surface area contributed by atoms with Crippen molar-refractivity contribution >= 4 is 46.4 Å². The Morgan fingerprint density at radius 2 is 1.23 bits per heavy atom. The second-order valence-electron chi connectivity index (χ2n) is 9.23. The van der Waals surface area contributed by atoms with E-state index < -0.39 is 45.3 Å². The van der Waals surface area contributed by atoms with Crippen LogP contribution < -0.4 is 20.1 Å². The van der Waals surface area contributed by atoms with Crippen molar-refractivity contribution in [1.82, 2.24) is 4.90 Å². The molecule has 0 radical (unpaired) electrons. The van der Waals surface area contributed by atoms with E-state index in [1.807, 2.05) is 0 Å². The van der Waals surface area contributed by atoms with E-state index in [1.54, 1.807) is 25.9 Å². The highest BCUT2D eigenvalue weighted by molar-refractivity contribution is 6.32. The predicted molar refractivity (Wildman–Crippen MR) is 150 cm³/mol. The summed E-state index contributed by atoms with van der Waals surface area (Å²) < 4.78 is 91.3. The molecule has 3 aromatic rings. The molecule has 43 heavy (non-hydrogen) atoms. The van der Waals surface area contributed by atoms with Gasteiger partial charge >= 0.3 is 12.4 Å². The topological polar surface area (TPSA) is 79.9 Å². The summed E-state index contributed by atoms with van der Waals surface area (Å²) in [6, 6.07) is 7.98. The van der Waals surface area contributed by atoms with Gasteiger partial charge in [-0.15, -0.1) is 0 Å². The van der Waals surface area contributed by atoms with Crippen LogP contribution in [0.25, 0.3) is 0 Å². The summed E-state index contributed by atoms with van der Waals surface area (Å²) >= 11 is 11.3. The number of anilines is 2. The van der Waals surface area contributed by atoms with Gasteiger partial charge < -0.3 is 25.0 Å². The molecule has 0 atom stereocenters. The number of ether oxygens (including phenoxy) is 2. The summed E-state index contributed by atoms with van der Waals surface area (Å²) in [5.41, 5.74) is -3.13. The number of nitrogens with zero attached hydrogens (tertiary/aromatic N) is 1. The first kappa shape index (κ1) is 33.8. The Hall–Kier alpha value is -3.68. The fraction of sp³-hybridized carbons (Fsp3) is 0.286. The van der Waals surface area contributed by atoms with Crippen LogP contribution in [-0.2, 0) is 12.4 Å². The van der Waals surface area contributed by atoms with Crippen LogP contribution in [0, 0.1) is 0 Å².